The lowest BCUT2D eigenvalue weighted by Crippen LogP contribution is -2.30. The highest BCUT2D eigenvalue weighted by Crippen LogP contribution is 2.08. The third-order valence-electron chi connectivity index (χ3n) is 3.00. The molecule has 0 saturated carbocycles. The van der Waals surface area contributed by atoms with Crippen LogP contribution in [0.3, 0.4) is 0 Å². The van der Waals surface area contributed by atoms with Gasteiger partial charge in [-0.05, 0) is 32.2 Å². The van der Waals surface area contributed by atoms with Crippen molar-refractivity contribution in [3.05, 3.63) is 0 Å². The minimum Gasteiger partial charge on any atom is -0.370 e. The molecule has 0 bridgehead atoms. The van der Waals surface area contributed by atoms with Gasteiger partial charge in [0.05, 0.1) is 0 Å². The van der Waals surface area contributed by atoms with E-state index in [9.17, 15) is 9.59 Å². The summed E-state index contributed by atoms with van der Waals surface area (Å²) in [5.74, 6) is 0.0151. The minimum absolute atomic E-state index is 0.241. The van der Waals surface area contributed by atoms with Crippen molar-refractivity contribution in [1.82, 2.24) is 10.2 Å². The zero-order valence-electron chi connectivity index (χ0n) is 10.4. The molecule has 0 radical (unpaired) electrons. The number of hydrogen-bond donors (Lipinski definition) is 2. The Balaban J connectivity index is 1.89. The van der Waals surface area contributed by atoms with E-state index in [1.54, 1.807) is 0 Å². The fourth-order valence-corrected chi connectivity index (χ4v) is 1.99. The lowest BCUT2D eigenvalue weighted by Gasteiger charge is -2.15. The van der Waals surface area contributed by atoms with Crippen LogP contribution in [0.4, 0.5) is 0 Å². The van der Waals surface area contributed by atoms with Gasteiger partial charge in [-0.15, -0.1) is 0 Å². The summed E-state index contributed by atoms with van der Waals surface area (Å²) in [7, 11) is 0. The SMILES string of the molecule is NC(=O)CCCCNCCC(=O)N1CCCC1. The molecule has 1 fully saturated rings. The van der Waals surface area contributed by atoms with Gasteiger partial charge in [0.1, 0.15) is 0 Å². The Labute approximate surface area is 103 Å². The Morgan fingerprint density at radius 2 is 1.76 bits per heavy atom. The van der Waals surface area contributed by atoms with Gasteiger partial charge in [0, 0.05) is 32.5 Å². The number of rotatable bonds is 8. The molecule has 1 aliphatic heterocycles. The highest BCUT2D eigenvalue weighted by atomic mass is 16.2. The van der Waals surface area contributed by atoms with Crippen molar-refractivity contribution in [2.75, 3.05) is 26.2 Å². The Morgan fingerprint density at radius 3 is 2.41 bits per heavy atom. The van der Waals surface area contributed by atoms with Crippen molar-refractivity contribution in [2.45, 2.75) is 38.5 Å². The molecule has 5 nitrogen and oxygen atoms in total. The fraction of sp³-hybridized carbons (Fsp3) is 0.833. The molecule has 0 aromatic heterocycles. The summed E-state index contributed by atoms with van der Waals surface area (Å²) in [6.45, 7) is 3.43. The van der Waals surface area contributed by atoms with Crippen LogP contribution in [-0.4, -0.2) is 42.9 Å². The Morgan fingerprint density at radius 1 is 1.06 bits per heavy atom. The molecule has 98 valence electrons. The first kappa shape index (κ1) is 14.0. The van der Waals surface area contributed by atoms with Crippen molar-refractivity contribution in [2.24, 2.45) is 5.73 Å². The molecule has 0 aromatic carbocycles. The number of hydrogen-bond acceptors (Lipinski definition) is 3. The number of nitrogens with one attached hydrogen (secondary N) is 1. The Bertz CT molecular complexity index is 250. The summed E-state index contributed by atoms with van der Waals surface area (Å²) in [6, 6.07) is 0. The van der Waals surface area contributed by atoms with Gasteiger partial charge < -0.3 is 16.0 Å². The number of nitrogens with zero attached hydrogens (tertiary/aromatic N) is 1. The van der Waals surface area contributed by atoms with E-state index in [2.05, 4.69) is 5.32 Å². The van der Waals surface area contributed by atoms with E-state index >= 15 is 0 Å². The van der Waals surface area contributed by atoms with Gasteiger partial charge in [-0.1, -0.05) is 0 Å². The van der Waals surface area contributed by atoms with Crippen molar-refractivity contribution in [3.8, 4) is 0 Å². The van der Waals surface area contributed by atoms with Gasteiger partial charge >= 0.3 is 0 Å². The monoisotopic (exact) mass is 241 g/mol. The van der Waals surface area contributed by atoms with E-state index in [0.717, 1.165) is 51.9 Å². The fourth-order valence-electron chi connectivity index (χ4n) is 1.99. The molecule has 1 saturated heterocycles. The first-order valence-electron chi connectivity index (χ1n) is 6.47. The number of likely N-dealkylation sites (tertiary alicyclic amines) is 1. The molecule has 3 N–H and O–H groups in total. The second-order valence-electron chi connectivity index (χ2n) is 4.51. The quantitative estimate of drug-likeness (QED) is 0.598. The second kappa shape index (κ2) is 8.06. The molecule has 1 heterocycles. The van der Waals surface area contributed by atoms with E-state index < -0.39 is 0 Å². The van der Waals surface area contributed by atoms with E-state index in [1.165, 1.54) is 0 Å². The maximum absolute atomic E-state index is 11.6. The molecule has 17 heavy (non-hydrogen) atoms. The van der Waals surface area contributed by atoms with Crippen LogP contribution in [0.25, 0.3) is 0 Å². The van der Waals surface area contributed by atoms with Crippen LogP contribution < -0.4 is 11.1 Å². The smallest absolute Gasteiger partial charge is 0.223 e. The maximum atomic E-state index is 11.6. The number of amides is 2. The number of carbonyl (C=O) groups excluding carboxylic acids is 2. The molecule has 0 unspecified atom stereocenters. The lowest BCUT2D eigenvalue weighted by atomic mass is 10.2. The molecule has 1 aliphatic rings. The number of unbranched alkanes of at least 4 members (excludes halogenated alkanes) is 1. The van der Waals surface area contributed by atoms with E-state index in [-0.39, 0.29) is 11.8 Å². The Hall–Kier alpha value is -1.10. The maximum Gasteiger partial charge on any atom is 0.223 e. The van der Waals surface area contributed by atoms with Crippen LogP contribution in [0, 0.1) is 0 Å². The average molecular weight is 241 g/mol. The molecule has 0 spiro atoms. The molecular formula is C12H23N3O2. The number of nitrogens with two attached hydrogens (primary N) is 1. The third-order valence-corrected chi connectivity index (χ3v) is 3.00. The molecule has 0 aromatic rings. The van der Waals surface area contributed by atoms with E-state index in [4.69, 9.17) is 5.73 Å². The number of primary amides is 1. The average Bonchev–Trinajstić information content (AvgIpc) is 2.80. The van der Waals surface area contributed by atoms with Crippen LogP contribution in [0.2, 0.25) is 0 Å². The van der Waals surface area contributed by atoms with Gasteiger partial charge in [0.25, 0.3) is 0 Å². The van der Waals surface area contributed by atoms with Crippen LogP contribution >= 0.6 is 0 Å². The van der Waals surface area contributed by atoms with Crippen LogP contribution in [0.1, 0.15) is 38.5 Å². The largest absolute Gasteiger partial charge is 0.370 e. The van der Waals surface area contributed by atoms with Crippen molar-refractivity contribution in [1.29, 1.82) is 0 Å². The topological polar surface area (TPSA) is 75.4 Å². The second-order valence-corrected chi connectivity index (χ2v) is 4.51. The Kier molecular flexibility index (Phi) is 6.62. The highest BCUT2D eigenvalue weighted by Gasteiger charge is 2.16. The summed E-state index contributed by atoms with van der Waals surface area (Å²) in [5.41, 5.74) is 5.03. The summed E-state index contributed by atoms with van der Waals surface area (Å²) in [5, 5.41) is 3.21. The van der Waals surface area contributed by atoms with Gasteiger partial charge in [-0.25, -0.2) is 0 Å². The predicted octanol–water partition coefficient (Wildman–Crippen LogP) is 0.244. The number of carbonyl (C=O) groups is 2. The summed E-state index contributed by atoms with van der Waals surface area (Å²) >= 11 is 0. The van der Waals surface area contributed by atoms with Crippen LogP contribution in [-0.2, 0) is 9.59 Å². The van der Waals surface area contributed by atoms with Gasteiger partial charge in [0.2, 0.25) is 11.8 Å². The highest BCUT2D eigenvalue weighted by molar-refractivity contribution is 5.76. The molecule has 2 amide bonds. The van der Waals surface area contributed by atoms with Gasteiger partial charge in [-0.2, -0.15) is 0 Å². The van der Waals surface area contributed by atoms with Crippen molar-refractivity contribution in [3.63, 3.8) is 0 Å². The molecular weight excluding hydrogens is 218 g/mol. The zero-order valence-corrected chi connectivity index (χ0v) is 10.4. The molecule has 1 rings (SSSR count). The standard InChI is InChI=1S/C12H23N3O2/c13-11(16)5-1-2-7-14-8-6-12(17)15-9-3-4-10-15/h14H,1-10H2,(H2,13,16). The first-order chi connectivity index (χ1) is 8.20. The van der Waals surface area contributed by atoms with Gasteiger partial charge in [-0.3, -0.25) is 9.59 Å². The third kappa shape index (κ3) is 6.26. The molecule has 0 atom stereocenters. The summed E-state index contributed by atoms with van der Waals surface area (Å²) in [4.78, 5) is 24.1. The van der Waals surface area contributed by atoms with Crippen molar-refractivity contribution >= 4 is 11.8 Å². The first-order valence-corrected chi connectivity index (χ1v) is 6.47. The normalized spacial score (nSPS) is 15.2. The molecule has 5 heteroatoms. The lowest BCUT2D eigenvalue weighted by molar-refractivity contribution is -0.130. The van der Waals surface area contributed by atoms with Crippen LogP contribution in [0.15, 0.2) is 0 Å². The van der Waals surface area contributed by atoms with E-state index in [0.29, 0.717) is 12.8 Å². The summed E-state index contributed by atoms with van der Waals surface area (Å²) < 4.78 is 0. The summed E-state index contributed by atoms with van der Waals surface area (Å²) in [6.07, 6.45) is 5.08. The van der Waals surface area contributed by atoms with Gasteiger partial charge in [0.15, 0.2) is 0 Å². The zero-order chi connectivity index (χ0) is 12.5. The molecule has 0 aliphatic carbocycles. The van der Waals surface area contributed by atoms with E-state index in [1.807, 2.05) is 4.90 Å². The minimum atomic E-state index is -0.241. The van der Waals surface area contributed by atoms with Crippen LogP contribution in [0.5, 0.6) is 0 Å². The predicted molar refractivity (Wildman–Crippen MR) is 66.3 cm³/mol. The van der Waals surface area contributed by atoms with Crippen molar-refractivity contribution < 1.29 is 9.59 Å².